The van der Waals surface area contributed by atoms with Gasteiger partial charge in [-0.05, 0) is 48.5 Å². The monoisotopic (exact) mass is 324 g/mol. The van der Waals surface area contributed by atoms with Crippen LogP contribution in [-0.2, 0) is 4.79 Å². The van der Waals surface area contributed by atoms with E-state index >= 15 is 0 Å². The molecule has 0 fully saturated rings. The van der Waals surface area contributed by atoms with Gasteiger partial charge in [0.1, 0.15) is 11.5 Å². The average Bonchev–Trinajstić information content (AvgIpc) is 3.12. The van der Waals surface area contributed by atoms with Crippen LogP contribution in [0.2, 0.25) is 0 Å². The van der Waals surface area contributed by atoms with Crippen molar-refractivity contribution in [2.75, 3.05) is 7.11 Å². The van der Waals surface area contributed by atoms with Crippen LogP contribution in [0.15, 0.2) is 53.1 Å². The Bertz CT molecular complexity index is 823. The number of carbonyl (C=O) groups is 1. The summed E-state index contributed by atoms with van der Waals surface area (Å²) in [5.74, 6) is 1.87. The summed E-state index contributed by atoms with van der Waals surface area (Å²) in [7, 11) is 1.61. The fraction of sp³-hybridized carbons (Fsp3) is 0.167. The molecular formula is C18H16N2O4. The number of methoxy groups -OCH3 is 1. The van der Waals surface area contributed by atoms with E-state index in [0.717, 1.165) is 16.9 Å². The van der Waals surface area contributed by atoms with E-state index in [4.69, 9.17) is 14.0 Å². The summed E-state index contributed by atoms with van der Waals surface area (Å²) in [6, 6.07) is 14.3. The number of rotatable bonds is 5. The fourth-order valence-corrected chi connectivity index (χ4v) is 2.07. The number of esters is 1. The highest BCUT2D eigenvalue weighted by molar-refractivity contribution is 5.72. The first-order chi connectivity index (χ1) is 11.7. The van der Waals surface area contributed by atoms with Gasteiger partial charge >= 0.3 is 5.97 Å². The lowest BCUT2D eigenvalue weighted by Gasteiger charge is -2.02. The van der Waals surface area contributed by atoms with Gasteiger partial charge < -0.3 is 14.0 Å². The van der Waals surface area contributed by atoms with Crippen LogP contribution in [0.3, 0.4) is 0 Å². The molecule has 0 aliphatic rings. The van der Waals surface area contributed by atoms with Crippen molar-refractivity contribution in [3.63, 3.8) is 0 Å². The third kappa shape index (κ3) is 3.43. The number of hydrogen-bond donors (Lipinski definition) is 0. The number of ether oxygens (including phenoxy) is 2. The number of hydrogen-bond acceptors (Lipinski definition) is 6. The molecule has 6 nitrogen and oxygen atoms in total. The number of aromatic nitrogens is 2. The van der Waals surface area contributed by atoms with E-state index in [1.165, 1.54) is 0 Å². The second kappa shape index (κ2) is 6.95. The summed E-state index contributed by atoms with van der Waals surface area (Å²) in [6.07, 6.45) is 0.330. The molecule has 24 heavy (non-hydrogen) atoms. The van der Waals surface area contributed by atoms with E-state index in [1.54, 1.807) is 38.3 Å². The molecule has 0 spiro atoms. The molecule has 0 bridgehead atoms. The van der Waals surface area contributed by atoms with Crippen LogP contribution in [0.4, 0.5) is 0 Å². The smallest absolute Gasteiger partial charge is 0.310 e. The van der Waals surface area contributed by atoms with Gasteiger partial charge in [0.2, 0.25) is 5.82 Å². The molecule has 0 aliphatic heterocycles. The lowest BCUT2D eigenvalue weighted by Crippen LogP contribution is -2.05. The van der Waals surface area contributed by atoms with Crippen molar-refractivity contribution in [1.82, 2.24) is 10.1 Å². The van der Waals surface area contributed by atoms with Crippen LogP contribution in [0.25, 0.3) is 22.8 Å². The van der Waals surface area contributed by atoms with Gasteiger partial charge in [0.05, 0.1) is 7.11 Å². The van der Waals surface area contributed by atoms with E-state index in [2.05, 4.69) is 10.1 Å². The largest absolute Gasteiger partial charge is 0.497 e. The number of benzene rings is 2. The molecule has 0 saturated heterocycles. The molecule has 3 rings (SSSR count). The van der Waals surface area contributed by atoms with Gasteiger partial charge in [0.15, 0.2) is 0 Å². The number of nitrogens with zero attached hydrogens (tertiary/aromatic N) is 2. The van der Waals surface area contributed by atoms with Gasteiger partial charge in [-0.1, -0.05) is 12.1 Å². The predicted octanol–water partition coefficient (Wildman–Crippen LogP) is 3.73. The highest BCUT2D eigenvalue weighted by Gasteiger charge is 2.11. The zero-order valence-electron chi connectivity index (χ0n) is 13.4. The quantitative estimate of drug-likeness (QED) is 0.526. The predicted molar refractivity (Wildman–Crippen MR) is 87.6 cm³/mol. The van der Waals surface area contributed by atoms with E-state index in [9.17, 15) is 4.79 Å². The topological polar surface area (TPSA) is 74.5 Å². The van der Waals surface area contributed by atoms with Crippen molar-refractivity contribution in [3.8, 4) is 34.3 Å². The molecule has 0 atom stereocenters. The van der Waals surface area contributed by atoms with Crippen LogP contribution in [0.1, 0.15) is 13.3 Å². The number of carbonyl (C=O) groups excluding carboxylic acids is 1. The van der Waals surface area contributed by atoms with Gasteiger partial charge in [0.25, 0.3) is 5.89 Å². The molecule has 0 saturated carbocycles. The molecule has 122 valence electrons. The summed E-state index contributed by atoms with van der Waals surface area (Å²) in [4.78, 5) is 15.7. The molecule has 0 aliphatic carbocycles. The van der Waals surface area contributed by atoms with Crippen molar-refractivity contribution < 1.29 is 18.8 Å². The third-order valence-corrected chi connectivity index (χ3v) is 3.40. The Morgan fingerprint density at radius 3 is 2.25 bits per heavy atom. The van der Waals surface area contributed by atoms with Gasteiger partial charge in [-0.25, -0.2) is 0 Å². The molecule has 0 unspecified atom stereocenters. The maximum absolute atomic E-state index is 11.3. The highest BCUT2D eigenvalue weighted by atomic mass is 16.5. The van der Waals surface area contributed by atoms with Crippen LogP contribution >= 0.6 is 0 Å². The first kappa shape index (κ1) is 15.7. The van der Waals surface area contributed by atoms with E-state index < -0.39 is 0 Å². The molecule has 1 heterocycles. The summed E-state index contributed by atoms with van der Waals surface area (Å²) in [5.41, 5.74) is 1.58. The Hall–Kier alpha value is -3.15. The maximum atomic E-state index is 11.3. The second-order valence-electron chi connectivity index (χ2n) is 5.00. The van der Waals surface area contributed by atoms with Crippen molar-refractivity contribution in [2.24, 2.45) is 0 Å². The molecule has 0 radical (unpaired) electrons. The Balaban J connectivity index is 1.78. The van der Waals surface area contributed by atoms with Gasteiger partial charge in [-0.3, -0.25) is 4.79 Å². The van der Waals surface area contributed by atoms with Crippen LogP contribution in [0.5, 0.6) is 11.5 Å². The minimum atomic E-state index is -0.276. The first-order valence-electron chi connectivity index (χ1n) is 7.49. The Kier molecular flexibility index (Phi) is 4.56. The van der Waals surface area contributed by atoms with Crippen molar-refractivity contribution in [3.05, 3.63) is 48.5 Å². The molecule has 1 aromatic heterocycles. The minimum absolute atomic E-state index is 0.276. The van der Waals surface area contributed by atoms with Crippen molar-refractivity contribution in [2.45, 2.75) is 13.3 Å². The van der Waals surface area contributed by atoms with E-state index in [0.29, 0.717) is 23.9 Å². The average molecular weight is 324 g/mol. The highest BCUT2D eigenvalue weighted by Crippen LogP contribution is 2.25. The SMILES string of the molecule is CCC(=O)Oc1ccc(-c2nc(-c3ccc(OC)cc3)no2)cc1. The molecular weight excluding hydrogens is 308 g/mol. The summed E-state index contributed by atoms with van der Waals surface area (Å²) in [6.45, 7) is 1.75. The first-order valence-corrected chi connectivity index (χ1v) is 7.49. The lowest BCUT2D eigenvalue weighted by molar-refractivity contribution is -0.134. The Morgan fingerprint density at radius 2 is 1.62 bits per heavy atom. The van der Waals surface area contributed by atoms with Gasteiger partial charge in [-0.15, -0.1) is 0 Å². The van der Waals surface area contributed by atoms with Crippen molar-refractivity contribution >= 4 is 5.97 Å². The third-order valence-electron chi connectivity index (χ3n) is 3.40. The Morgan fingerprint density at radius 1 is 1.00 bits per heavy atom. The zero-order valence-corrected chi connectivity index (χ0v) is 13.4. The van der Waals surface area contributed by atoms with Crippen LogP contribution in [0, 0.1) is 0 Å². The molecule has 3 aromatic rings. The summed E-state index contributed by atoms with van der Waals surface area (Å²) in [5, 5.41) is 3.99. The molecule has 6 heteroatoms. The molecule has 0 amide bonds. The van der Waals surface area contributed by atoms with Gasteiger partial charge in [-0.2, -0.15) is 4.98 Å². The maximum Gasteiger partial charge on any atom is 0.310 e. The van der Waals surface area contributed by atoms with Gasteiger partial charge in [0, 0.05) is 17.5 Å². The van der Waals surface area contributed by atoms with E-state index in [-0.39, 0.29) is 5.97 Å². The lowest BCUT2D eigenvalue weighted by atomic mass is 10.2. The summed E-state index contributed by atoms with van der Waals surface area (Å²) >= 11 is 0. The standard InChI is InChI=1S/C18H16N2O4/c1-3-16(21)23-15-10-6-13(7-11-15)18-19-17(20-24-18)12-4-8-14(22-2)9-5-12/h4-11H,3H2,1-2H3. The van der Waals surface area contributed by atoms with Crippen LogP contribution < -0.4 is 9.47 Å². The fourth-order valence-electron chi connectivity index (χ4n) is 2.07. The molecule has 0 N–H and O–H groups in total. The minimum Gasteiger partial charge on any atom is -0.497 e. The van der Waals surface area contributed by atoms with Crippen LogP contribution in [-0.4, -0.2) is 23.2 Å². The zero-order chi connectivity index (χ0) is 16.9. The Labute approximate surface area is 139 Å². The molecule has 2 aromatic carbocycles. The normalized spacial score (nSPS) is 10.4. The summed E-state index contributed by atoms with van der Waals surface area (Å²) < 4.78 is 15.6. The van der Waals surface area contributed by atoms with E-state index in [1.807, 2.05) is 24.3 Å². The second-order valence-corrected chi connectivity index (χ2v) is 5.00. The van der Waals surface area contributed by atoms with Crippen molar-refractivity contribution in [1.29, 1.82) is 0 Å².